The van der Waals surface area contributed by atoms with Gasteiger partial charge in [-0.1, -0.05) is 199 Å². The van der Waals surface area contributed by atoms with Crippen LogP contribution in [0.25, 0.3) is 0 Å². The number of unbranched alkanes of at least 4 members (excludes halogenated alkanes) is 28. The number of hydrogen-bond donors (Lipinski definition) is 4. The molecule has 4 N–H and O–H groups in total. The summed E-state index contributed by atoms with van der Waals surface area (Å²) < 4.78 is 59.2. The number of carbonyl (C=O) groups excluding carboxylic acids is 1. The third kappa shape index (κ3) is 35.4. The van der Waals surface area contributed by atoms with Crippen molar-refractivity contribution in [3.63, 3.8) is 0 Å². The molecule has 1 saturated heterocycles. The van der Waals surface area contributed by atoms with Crippen molar-refractivity contribution in [2.75, 3.05) is 26.4 Å². The lowest BCUT2D eigenvalue weighted by Gasteiger charge is -2.41. The second kappa shape index (κ2) is 42.0. The van der Waals surface area contributed by atoms with E-state index in [1.807, 2.05) is 0 Å². The van der Waals surface area contributed by atoms with Gasteiger partial charge in [0.25, 0.3) is 0 Å². The minimum atomic E-state index is -5.06. The third-order valence-electron chi connectivity index (χ3n) is 11.8. The van der Waals surface area contributed by atoms with E-state index in [4.69, 9.17) is 18.9 Å². The van der Waals surface area contributed by atoms with Crippen LogP contribution in [0.5, 0.6) is 0 Å². The molecule has 0 aliphatic carbocycles. The van der Waals surface area contributed by atoms with E-state index in [2.05, 4.69) is 42.3 Å². The highest BCUT2D eigenvalue weighted by Crippen LogP contribution is 2.26. The molecule has 6 unspecified atom stereocenters. The Bertz CT molecular complexity index is 1200. The number of aliphatic hydroxyl groups is 3. The molecule has 0 spiro atoms. The van der Waals surface area contributed by atoms with Crippen molar-refractivity contribution in [3.05, 3.63) is 24.3 Å². The fraction of sp³-hybridized carbons (Fsp3) is 0.900. The highest BCUT2D eigenvalue weighted by molar-refractivity contribution is 7.80. The molecular formula is C50H94O12S. The molecule has 1 heterocycles. The van der Waals surface area contributed by atoms with Gasteiger partial charge >= 0.3 is 16.4 Å². The Morgan fingerprint density at radius 1 is 0.603 bits per heavy atom. The van der Waals surface area contributed by atoms with E-state index >= 15 is 0 Å². The topological polar surface area (TPSA) is 178 Å². The Hall–Kier alpha value is -1.42. The molecule has 12 nitrogen and oxygen atoms in total. The maximum atomic E-state index is 12.9. The second-order valence-electron chi connectivity index (χ2n) is 17.8. The first kappa shape index (κ1) is 59.6. The number of hydrogen-bond acceptors (Lipinski definition) is 11. The van der Waals surface area contributed by atoms with Crippen molar-refractivity contribution in [3.8, 4) is 0 Å². The summed E-state index contributed by atoms with van der Waals surface area (Å²) in [7, 11) is -5.06. The zero-order valence-corrected chi connectivity index (χ0v) is 40.7. The SMILES string of the molecule is CCCCCC/C=C\C/C=C\CCCCCCCCCC(=O)OC(COCCCCCCCCCCCCCCCCCCCC)COC1OC(CO)C(O)C(OS(=O)(=O)O)C1O. The molecule has 0 saturated carbocycles. The number of ether oxygens (including phenoxy) is 4. The molecule has 1 aliphatic rings. The van der Waals surface area contributed by atoms with Gasteiger partial charge in [0.05, 0.1) is 19.8 Å². The highest BCUT2D eigenvalue weighted by Gasteiger charge is 2.48. The van der Waals surface area contributed by atoms with Crippen LogP contribution in [0.3, 0.4) is 0 Å². The maximum absolute atomic E-state index is 12.9. The predicted molar refractivity (Wildman–Crippen MR) is 253 cm³/mol. The van der Waals surface area contributed by atoms with Crippen molar-refractivity contribution in [1.29, 1.82) is 0 Å². The van der Waals surface area contributed by atoms with Crippen LogP contribution in [-0.2, 0) is 38.3 Å². The van der Waals surface area contributed by atoms with Gasteiger partial charge in [0.2, 0.25) is 0 Å². The molecule has 1 fully saturated rings. The van der Waals surface area contributed by atoms with E-state index in [9.17, 15) is 33.1 Å². The van der Waals surface area contributed by atoms with Crippen molar-refractivity contribution in [1.82, 2.24) is 0 Å². The molecule has 0 aromatic carbocycles. The lowest BCUT2D eigenvalue weighted by atomic mass is 9.99. The van der Waals surface area contributed by atoms with E-state index < -0.39 is 59.8 Å². The van der Waals surface area contributed by atoms with Crippen molar-refractivity contribution in [2.45, 2.75) is 263 Å². The van der Waals surface area contributed by atoms with Gasteiger partial charge in [-0.3, -0.25) is 9.35 Å². The Balaban J connectivity index is 2.37. The normalized spacial score (nSPS) is 20.0. The number of rotatable bonds is 45. The number of carbonyl (C=O) groups is 1. The average molecular weight is 919 g/mol. The quantitative estimate of drug-likeness (QED) is 0.0197. The number of allylic oxidation sites excluding steroid dienone is 4. The summed E-state index contributed by atoms with van der Waals surface area (Å²) in [6.07, 6.45) is 39.2. The van der Waals surface area contributed by atoms with Gasteiger partial charge in [0, 0.05) is 13.0 Å². The summed E-state index contributed by atoms with van der Waals surface area (Å²) >= 11 is 0. The molecule has 6 atom stereocenters. The van der Waals surface area contributed by atoms with Crippen LogP contribution in [0.4, 0.5) is 0 Å². The van der Waals surface area contributed by atoms with Gasteiger partial charge < -0.3 is 34.3 Å². The molecule has 0 radical (unpaired) electrons. The molecule has 0 aromatic rings. The average Bonchev–Trinajstić information content (AvgIpc) is 3.26. The third-order valence-corrected chi connectivity index (χ3v) is 12.3. The monoisotopic (exact) mass is 919 g/mol. The van der Waals surface area contributed by atoms with Crippen LogP contribution in [0.1, 0.15) is 226 Å². The molecular weight excluding hydrogens is 825 g/mol. The second-order valence-corrected chi connectivity index (χ2v) is 18.8. The lowest BCUT2D eigenvalue weighted by molar-refractivity contribution is -0.301. The Morgan fingerprint density at radius 2 is 1.05 bits per heavy atom. The zero-order valence-electron chi connectivity index (χ0n) is 39.9. The van der Waals surface area contributed by atoms with Gasteiger partial charge in [0.15, 0.2) is 6.29 Å². The molecule has 372 valence electrons. The first-order valence-corrected chi connectivity index (χ1v) is 27.0. The Labute approximate surface area is 384 Å². The smallest absolute Gasteiger partial charge is 0.397 e. The van der Waals surface area contributed by atoms with Gasteiger partial charge in [-0.2, -0.15) is 8.42 Å². The van der Waals surface area contributed by atoms with Crippen LogP contribution in [0.15, 0.2) is 24.3 Å². The van der Waals surface area contributed by atoms with Crippen molar-refractivity contribution < 1.29 is 56.2 Å². The minimum absolute atomic E-state index is 0.0372. The highest BCUT2D eigenvalue weighted by atomic mass is 32.3. The van der Waals surface area contributed by atoms with E-state index in [1.165, 1.54) is 148 Å². The predicted octanol–water partition coefficient (Wildman–Crippen LogP) is 11.6. The van der Waals surface area contributed by atoms with E-state index in [0.29, 0.717) is 13.0 Å². The largest absolute Gasteiger partial charge is 0.457 e. The van der Waals surface area contributed by atoms with Crippen LogP contribution in [0, 0.1) is 0 Å². The molecule has 13 heteroatoms. The fourth-order valence-corrected chi connectivity index (χ4v) is 8.45. The van der Waals surface area contributed by atoms with Gasteiger partial charge in [0.1, 0.15) is 30.5 Å². The standard InChI is InChI=1S/C50H94O12S/c1-3-5-7-9-11-13-15-17-19-21-23-25-27-29-31-33-35-37-39-46(52)60-44(43-59-50-48(54)49(62-63(55,56)57)47(53)45(41-51)61-50)42-58-40-38-36-34-32-30-28-26-24-22-20-18-16-14-12-10-8-6-4-2/h13,15,19,21,44-45,47-51,53-54H,3-12,14,16-18,20,22-43H2,1-2H3,(H,55,56,57)/b15-13-,21-19-. The van der Waals surface area contributed by atoms with Gasteiger partial charge in [-0.25, -0.2) is 4.18 Å². The molecule has 0 amide bonds. The summed E-state index contributed by atoms with van der Waals surface area (Å²) in [6, 6.07) is 0. The molecule has 1 aliphatic heterocycles. The lowest BCUT2D eigenvalue weighted by Crippen LogP contribution is -2.60. The van der Waals surface area contributed by atoms with E-state index in [0.717, 1.165) is 51.4 Å². The van der Waals surface area contributed by atoms with E-state index in [-0.39, 0.29) is 19.6 Å². The summed E-state index contributed by atoms with van der Waals surface area (Å²) in [5.41, 5.74) is 0. The van der Waals surface area contributed by atoms with Gasteiger partial charge in [-0.15, -0.1) is 0 Å². The fourth-order valence-electron chi connectivity index (χ4n) is 7.94. The van der Waals surface area contributed by atoms with Crippen LogP contribution in [-0.4, -0.2) is 97.5 Å². The van der Waals surface area contributed by atoms with Crippen LogP contribution < -0.4 is 0 Å². The Kier molecular flexibility index (Phi) is 39.7. The van der Waals surface area contributed by atoms with E-state index in [1.54, 1.807) is 0 Å². The maximum Gasteiger partial charge on any atom is 0.397 e. The van der Waals surface area contributed by atoms with Crippen molar-refractivity contribution in [2.24, 2.45) is 0 Å². The summed E-state index contributed by atoms with van der Waals surface area (Å²) in [4.78, 5) is 12.9. The first-order valence-electron chi connectivity index (χ1n) is 25.6. The van der Waals surface area contributed by atoms with Crippen LogP contribution >= 0.6 is 0 Å². The van der Waals surface area contributed by atoms with Crippen molar-refractivity contribution >= 4 is 16.4 Å². The molecule has 63 heavy (non-hydrogen) atoms. The number of aliphatic hydroxyl groups excluding tert-OH is 3. The first-order chi connectivity index (χ1) is 30.6. The van der Waals surface area contributed by atoms with Crippen LogP contribution in [0.2, 0.25) is 0 Å². The Morgan fingerprint density at radius 3 is 1.52 bits per heavy atom. The molecule has 1 rings (SSSR count). The number of esters is 1. The summed E-state index contributed by atoms with van der Waals surface area (Å²) in [5, 5.41) is 30.7. The zero-order chi connectivity index (χ0) is 46.1. The molecule has 0 aromatic heterocycles. The van der Waals surface area contributed by atoms with Gasteiger partial charge in [-0.05, 0) is 44.9 Å². The summed E-state index contributed by atoms with van der Waals surface area (Å²) in [5.74, 6) is -0.403. The molecule has 0 bridgehead atoms. The minimum Gasteiger partial charge on any atom is -0.457 e. The summed E-state index contributed by atoms with van der Waals surface area (Å²) in [6.45, 7) is 4.01.